The van der Waals surface area contributed by atoms with Crippen LogP contribution < -0.4 is 0 Å². The second-order valence-corrected chi connectivity index (χ2v) is 13.1. The van der Waals surface area contributed by atoms with Crippen LogP contribution in [-0.2, 0) is 5.41 Å². The molecule has 10 rings (SSSR count). The zero-order chi connectivity index (χ0) is 33.9. The number of hydrogen-bond acceptors (Lipinski definition) is 4. The highest BCUT2D eigenvalue weighted by Crippen LogP contribution is 2.61. The van der Waals surface area contributed by atoms with Gasteiger partial charge in [-0.1, -0.05) is 121 Å². The molecular formula is C47H28N4. The van der Waals surface area contributed by atoms with E-state index in [1.54, 1.807) is 12.4 Å². The molecular weight excluding hydrogens is 621 g/mol. The summed E-state index contributed by atoms with van der Waals surface area (Å²) < 4.78 is 0. The largest absolute Gasteiger partial charge is 0.264 e. The number of nitrogens with zero attached hydrogens (tertiary/aromatic N) is 4. The monoisotopic (exact) mass is 648 g/mol. The summed E-state index contributed by atoms with van der Waals surface area (Å²) in [6.07, 6.45) is 3.56. The molecule has 1 spiro atoms. The van der Waals surface area contributed by atoms with Crippen LogP contribution in [0.3, 0.4) is 0 Å². The summed E-state index contributed by atoms with van der Waals surface area (Å²) in [5.74, 6) is 0.594. The molecule has 2 heterocycles. The summed E-state index contributed by atoms with van der Waals surface area (Å²) in [5, 5.41) is 9.45. The van der Waals surface area contributed by atoms with Crippen LogP contribution in [0, 0.1) is 11.3 Å². The molecule has 0 saturated heterocycles. The maximum atomic E-state index is 9.45. The molecule has 8 aromatic rings. The number of hydrogen-bond donors (Lipinski definition) is 0. The SMILES string of the molecule is N#Cc1ccc(-c2cc(-c3ccc4c(c3)C3(c5ccccc5-c5ccccc5-4)c4ccccc4-c4ccccc43)nc(-c3cccnc3)n2)cc1. The summed E-state index contributed by atoms with van der Waals surface area (Å²) in [5.41, 5.74) is 16.8. The first-order chi connectivity index (χ1) is 25.2. The van der Waals surface area contributed by atoms with Gasteiger partial charge < -0.3 is 0 Å². The summed E-state index contributed by atoms with van der Waals surface area (Å²) >= 11 is 0. The van der Waals surface area contributed by atoms with Gasteiger partial charge in [0.2, 0.25) is 0 Å². The van der Waals surface area contributed by atoms with Crippen LogP contribution in [0.1, 0.15) is 27.8 Å². The van der Waals surface area contributed by atoms with Crippen molar-refractivity contribution in [3.63, 3.8) is 0 Å². The second kappa shape index (κ2) is 11.3. The van der Waals surface area contributed by atoms with Crippen LogP contribution in [0.2, 0.25) is 0 Å². The Morgan fingerprint density at radius 3 is 1.51 bits per heavy atom. The van der Waals surface area contributed by atoms with E-state index in [0.29, 0.717) is 11.4 Å². The summed E-state index contributed by atoms with van der Waals surface area (Å²) in [6, 6.07) is 58.1. The van der Waals surface area contributed by atoms with Gasteiger partial charge in [-0.25, -0.2) is 9.97 Å². The van der Waals surface area contributed by atoms with E-state index in [9.17, 15) is 5.26 Å². The van der Waals surface area contributed by atoms with Gasteiger partial charge in [0.1, 0.15) is 0 Å². The molecule has 4 heteroatoms. The number of nitriles is 1. The van der Waals surface area contributed by atoms with Crippen LogP contribution in [0.15, 0.2) is 170 Å². The van der Waals surface area contributed by atoms with Gasteiger partial charge in [0.05, 0.1) is 28.4 Å². The molecule has 0 amide bonds. The van der Waals surface area contributed by atoms with E-state index in [0.717, 1.165) is 28.1 Å². The lowest BCUT2D eigenvalue weighted by Gasteiger charge is -2.35. The highest BCUT2D eigenvalue weighted by Gasteiger charge is 2.49. The topological polar surface area (TPSA) is 62.5 Å². The number of benzene rings is 6. The molecule has 4 nitrogen and oxygen atoms in total. The molecule has 0 aliphatic heterocycles. The zero-order valence-corrected chi connectivity index (χ0v) is 27.5. The first kappa shape index (κ1) is 29.0. The van der Waals surface area contributed by atoms with Gasteiger partial charge in [0.25, 0.3) is 0 Å². The Morgan fingerprint density at radius 1 is 0.431 bits per heavy atom. The zero-order valence-electron chi connectivity index (χ0n) is 27.5. The molecule has 0 atom stereocenters. The third-order valence-corrected chi connectivity index (χ3v) is 10.5. The van der Waals surface area contributed by atoms with Crippen molar-refractivity contribution in [1.29, 1.82) is 5.26 Å². The van der Waals surface area contributed by atoms with Gasteiger partial charge in [-0.05, 0) is 92.0 Å². The van der Waals surface area contributed by atoms with Gasteiger partial charge >= 0.3 is 0 Å². The maximum absolute atomic E-state index is 9.45. The van der Waals surface area contributed by atoms with Crippen molar-refractivity contribution < 1.29 is 0 Å². The predicted octanol–water partition coefficient (Wildman–Crippen LogP) is 10.8. The first-order valence-electron chi connectivity index (χ1n) is 17.1. The smallest absolute Gasteiger partial charge is 0.161 e. The van der Waals surface area contributed by atoms with E-state index >= 15 is 0 Å². The Bertz CT molecular complexity index is 2660. The average molecular weight is 649 g/mol. The molecule has 2 aliphatic rings. The molecule has 2 aliphatic carbocycles. The average Bonchev–Trinajstić information content (AvgIpc) is 3.46. The van der Waals surface area contributed by atoms with Crippen LogP contribution >= 0.6 is 0 Å². The molecule has 0 fully saturated rings. The third-order valence-electron chi connectivity index (χ3n) is 10.5. The minimum absolute atomic E-state index is 0.580. The summed E-state index contributed by atoms with van der Waals surface area (Å²) in [7, 11) is 0. The van der Waals surface area contributed by atoms with Crippen molar-refractivity contribution in [3.05, 3.63) is 198 Å². The van der Waals surface area contributed by atoms with E-state index in [1.807, 2.05) is 36.4 Å². The second-order valence-electron chi connectivity index (χ2n) is 13.1. The van der Waals surface area contributed by atoms with Crippen molar-refractivity contribution in [3.8, 4) is 73.4 Å². The van der Waals surface area contributed by atoms with Crippen LogP contribution in [0.4, 0.5) is 0 Å². The Balaban J connectivity index is 1.30. The standard InChI is InChI=1S/C47H28N4/c48-28-30-19-21-31(22-20-30)44-27-45(51-46(50-44)33-10-9-25-49-29-33)32-23-24-39-35-12-2-1-11-34(35)36-13-3-6-16-40(36)47(43(39)26-32)41-17-7-4-14-37(41)38-15-5-8-18-42(38)47/h1-27,29H. The molecule has 0 N–H and O–H groups in total. The normalized spacial score (nSPS) is 12.8. The van der Waals surface area contributed by atoms with Crippen LogP contribution in [0.25, 0.3) is 67.3 Å². The molecule has 0 radical (unpaired) electrons. The fraction of sp³-hybridized carbons (Fsp3) is 0.0213. The lowest BCUT2D eigenvalue weighted by atomic mass is 9.65. The van der Waals surface area contributed by atoms with Crippen molar-refractivity contribution in [2.75, 3.05) is 0 Å². The maximum Gasteiger partial charge on any atom is 0.161 e. The summed E-state index contributed by atoms with van der Waals surface area (Å²) in [6.45, 7) is 0. The number of aromatic nitrogens is 3. The molecule has 51 heavy (non-hydrogen) atoms. The van der Waals surface area contributed by atoms with E-state index in [2.05, 4.69) is 132 Å². The van der Waals surface area contributed by atoms with Gasteiger partial charge in [0, 0.05) is 29.1 Å². The summed E-state index contributed by atoms with van der Waals surface area (Å²) in [4.78, 5) is 14.6. The van der Waals surface area contributed by atoms with E-state index in [-0.39, 0.29) is 0 Å². The molecule has 0 unspecified atom stereocenters. The van der Waals surface area contributed by atoms with Gasteiger partial charge in [-0.3, -0.25) is 4.98 Å². The van der Waals surface area contributed by atoms with E-state index in [4.69, 9.17) is 9.97 Å². The Morgan fingerprint density at radius 2 is 0.941 bits per heavy atom. The van der Waals surface area contributed by atoms with Crippen LogP contribution in [-0.4, -0.2) is 15.0 Å². The minimum atomic E-state index is -0.580. The molecule has 0 saturated carbocycles. The van der Waals surface area contributed by atoms with Crippen molar-refractivity contribution in [2.45, 2.75) is 5.41 Å². The van der Waals surface area contributed by atoms with Gasteiger partial charge in [0.15, 0.2) is 5.82 Å². The predicted molar refractivity (Wildman–Crippen MR) is 203 cm³/mol. The number of pyridine rings is 1. The Labute approximate surface area is 296 Å². The van der Waals surface area contributed by atoms with Gasteiger partial charge in [-0.2, -0.15) is 5.26 Å². The van der Waals surface area contributed by atoms with E-state index < -0.39 is 5.41 Å². The quantitative estimate of drug-likeness (QED) is 0.191. The lowest BCUT2D eigenvalue weighted by Crippen LogP contribution is -2.29. The highest BCUT2D eigenvalue weighted by atomic mass is 14.9. The minimum Gasteiger partial charge on any atom is -0.264 e. The fourth-order valence-electron chi connectivity index (χ4n) is 8.29. The Hall–Kier alpha value is -6.96. The molecule has 0 bridgehead atoms. The van der Waals surface area contributed by atoms with E-state index in [1.165, 1.54) is 55.6 Å². The molecule has 2 aromatic heterocycles. The van der Waals surface area contributed by atoms with Crippen LogP contribution in [0.5, 0.6) is 0 Å². The fourth-order valence-corrected chi connectivity index (χ4v) is 8.29. The number of fused-ring (bicyclic) bond motifs is 12. The number of rotatable bonds is 3. The van der Waals surface area contributed by atoms with Crippen molar-refractivity contribution >= 4 is 0 Å². The van der Waals surface area contributed by atoms with Crippen molar-refractivity contribution in [1.82, 2.24) is 15.0 Å². The van der Waals surface area contributed by atoms with Crippen molar-refractivity contribution in [2.24, 2.45) is 0 Å². The van der Waals surface area contributed by atoms with Gasteiger partial charge in [-0.15, -0.1) is 0 Å². The Kier molecular flexibility index (Phi) is 6.43. The third kappa shape index (κ3) is 4.29. The highest BCUT2D eigenvalue weighted by molar-refractivity contribution is 5.97. The molecule has 6 aromatic carbocycles. The lowest BCUT2D eigenvalue weighted by molar-refractivity contribution is 0.775. The first-order valence-corrected chi connectivity index (χ1v) is 17.1. The molecule has 236 valence electrons.